The van der Waals surface area contributed by atoms with Gasteiger partial charge < -0.3 is 115 Å². The Balaban J connectivity index is 0.000000550. The molecule has 40 nitrogen and oxygen atoms in total. The minimum atomic E-state index is -1.89. The number of nitrogens with one attached hydrogen (secondary N) is 15. The quantitative estimate of drug-likeness (QED) is 0.0163. The van der Waals surface area contributed by atoms with Crippen LogP contribution in [0, 0.1) is 11.8 Å². The van der Waals surface area contributed by atoms with Crippen LogP contribution in [0.25, 0.3) is 11.1 Å². The Labute approximate surface area is 746 Å². The van der Waals surface area contributed by atoms with Gasteiger partial charge in [-0.05, 0) is 138 Å². The van der Waals surface area contributed by atoms with Gasteiger partial charge in [-0.1, -0.05) is 116 Å². The molecule has 0 radical (unpaired) electrons. The van der Waals surface area contributed by atoms with Crippen LogP contribution in [-0.2, 0) is 84.8 Å². The van der Waals surface area contributed by atoms with Crippen molar-refractivity contribution >= 4 is 116 Å². The molecule has 2 unspecified atom stereocenters. The Morgan fingerprint density at radius 1 is 0.575 bits per heavy atom. The van der Waals surface area contributed by atoms with E-state index in [0.29, 0.717) is 29.7 Å². The van der Waals surface area contributed by atoms with E-state index >= 15 is 0 Å². The van der Waals surface area contributed by atoms with E-state index in [1.54, 1.807) is 59.4 Å². The number of aliphatic carboxylic acids is 2. The number of amides is 14. The van der Waals surface area contributed by atoms with E-state index in [1.165, 1.54) is 77.1 Å². The number of carboxylic acids is 2. The molecule has 0 saturated carbocycles. The molecule has 14 amide bonds. The molecule has 2 aliphatic rings. The van der Waals surface area contributed by atoms with Gasteiger partial charge in [0.05, 0.1) is 31.5 Å². The van der Waals surface area contributed by atoms with Gasteiger partial charge in [-0.2, -0.15) is 0 Å². The number of carbonyl (C=O) groups is 16. The molecule has 127 heavy (non-hydrogen) atoms. The molecule has 0 spiro atoms. The Morgan fingerprint density at radius 2 is 1.13 bits per heavy atom. The normalized spacial score (nSPS) is 19.3. The van der Waals surface area contributed by atoms with Gasteiger partial charge in [0.1, 0.15) is 72.0 Å². The molecule has 2 fully saturated rings. The highest BCUT2D eigenvalue weighted by Gasteiger charge is 2.42. The molecule has 4 aromatic rings. The number of hydrogen-bond donors (Lipinski definition) is 21. The van der Waals surface area contributed by atoms with Crippen LogP contribution in [-0.4, -0.2) is 312 Å². The van der Waals surface area contributed by atoms with Crippen LogP contribution in [0.1, 0.15) is 108 Å². The van der Waals surface area contributed by atoms with Crippen molar-refractivity contribution in [3.05, 3.63) is 120 Å². The number of likely N-dealkylation sites (tertiary alicyclic amines) is 1. The smallest absolute Gasteiger partial charge is 0.305 e. The first-order valence-electron chi connectivity index (χ1n) is 41.9. The number of hydrogen-bond acceptors (Lipinski definition) is 26. The Kier molecular flexibility index (Phi) is 45.5. The summed E-state index contributed by atoms with van der Waals surface area (Å²) in [4.78, 5) is 219. The molecule has 698 valence electrons. The summed E-state index contributed by atoms with van der Waals surface area (Å²) in [6.07, 6.45) is -3.23. The fourth-order valence-electron chi connectivity index (χ4n) is 13.7. The average molecular weight is 1810 g/mol. The van der Waals surface area contributed by atoms with E-state index in [1.807, 2.05) is 58.0 Å². The number of likely N-dealkylation sites (N-methyl/N-ethyl adjacent to an activating group) is 4. The molecule has 42 heteroatoms. The first-order valence-corrected chi connectivity index (χ1v) is 44.4. The van der Waals surface area contributed by atoms with E-state index in [2.05, 4.69) is 79.8 Å². The lowest BCUT2D eigenvalue weighted by atomic mass is 10.0. The van der Waals surface area contributed by atoms with Gasteiger partial charge in [0.15, 0.2) is 0 Å². The fourth-order valence-corrected chi connectivity index (χ4v) is 16.1. The predicted octanol–water partition coefficient (Wildman–Crippen LogP) is -2.52. The average Bonchev–Trinajstić information content (AvgIpc) is 1.30. The minimum Gasteiger partial charge on any atom is -0.508 e. The molecule has 4 aromatic carbocycles. The SMILES string of the molecule is CC(C)C[C@H](NC(=O)c1ccc(-c2ccccc2)cc1)C(=O)N1CCC[C@H]1C(=O)N[C@H]1CSSC[C@@H](C)NC(=O)C([C@@H](C)O)NC(=O)CNC(=O)[C@H](Cc2ccc(O)cc2)NC(=O)[C@H](Cc2ccc(O)cc2)NC(=O)[C@H](CC(=O)O)NC1=O.CNCC(NC)C(=O)N(CCNC(=O)[C@H](CC(=O)O)NC(=O)[C@H](CC(C)C)NC(C)=O)CCN(CCN)C(=O)C(NC)NC. The summed E-state index contributed by atoms with van der Waals surface area (Å²) in [7, 11) is 8.83. The highest BCUT2D eigenvalue weighted by molar-refractivity contribution is 8.76. The van der Waals surface area contributed by atoms with Crippen molar-refractivity contribution in [1.29, 1.82) is 0 Å². The number of nitrogens with zero attached hydrogens (tertiary/aromatic N) is 3. The van der Waals surface area contributed by atoms with Crippen molar-refractivity contribution in [2.75, 3.05) is 98.6 Å². The van der Waals surface area contributed by atoms with E-state index < -0.39 is 181 Å². The van der Waals surface area contributed by atoms with Crippen LogP contribution in [0.5, 0.6) is 11.5 Å². The van der Waals surface area contributed by atoms with Gasteiger partial charge >= 0.3 is 11.9 Å². The third-order valence-corrected chi connectivity index (χ3v) is 22.8. The lowest BCUT2D eigenvalue weighted by Gasteiger charge is -2.32. The van der Waals surface area contributed by atoms with E-state index in [4.69, 9.17) is 5.73 Å². The number of carboxylic acid groups (broad SMARTS) is 2. The molecule has 22 N–H and O–H groups in total. The van der Waals surface area contributed by atoms with E-state index in [9.17, 15) is 102 Å². The van der Waals surface area contributed by atoms with Crippen LogP contribution < -0.4 is 85.5 Å². The van der Waals surface area contributed by atoms with Crippen LogP contribution in [0.15, 0.2) is 103 Å². The number of phenols is 2. The molecular weight excluding hydrogens is 1690 g/mol. The number of benzene rings is 4. The van der Waals surface area contributed by atoms with E-state index in [-0.39, 0.29) is 125 Å². The third-order valence-electron chi connectivity index (χ3n) is 20.2. The molecular formula is C85H125N19O21S2. The molecule has 6 rings (SSSR count). The maximum Gasteiger partial charge on any atom is 0.305 e. The number of aromatic hydroxyl groups is 2. The lowest BCUT2D eigenvalue weighted by Crippen LogP contribution is -2.60. The van der Waals surface area contributed by atoms with Gasteiger partial charge in [0.2, 0.25) is 70.9 Å². The number of aliphatic hydroxyl groups is 1. The number of aliphatic hydroxyl groups excluding tert-OH is 1. The lowest BCUT2D eigenvalue weighted by molar-refractivity contribution is -0.142. The number of rotatable bonds is 38. The van der Waals surface area contributed by atoms with Crippen molar-refractivity contribution in [2.24, 2.45) is 17.6 Å². The van der Waals surface area contributed by atoms with Crippen molar-refractivity contribution in [1.82, 2.24) is 94.5 Å². The predicted molar refractivity (Wildman–Crippen MR) is 475 cm³/mol. The van der Waals surface area contributed by atoms with E-state index in [0.717, 1.165) is 32.7 Å². The Bertz CT molecular complexity index is 4330. The zero-order valence-corrected chi connectivity index (χ0v) is 75.0. The van der Waals surface area contributed by atoms with Crippen molar-refractivity contribution in [3.8, 4) is 22.6 Å². The summed E-state index contributed by atoms with van der Waals surface area (Å²) in [6.45, 7) is 12.1. The van der Waals surface area contributed by atoms with Gasteiger partial charge in [0, 0.05) is 95.2 Å². The van der Waals surface area contributed by atoms with Gasteiger partial charge in [-0.3, -0.25) is 87.3 Å². The van der Waals surface area contributed by atoms with Crippen molar-refractivity contribution < 1.29 is 102 Å². The number of nitrogens with two attached hydrogens (primary N) is 1. The molecule has 12 atom stereocenters. The fraction of sp³-hybridized carbons (Fsp3) is 0.529. The third kappa shape index (κ3) is 36.4. The molecule has 2 saturated heterocycles. The molecule has 0 aliphatic carbocycles. The second-order valence-corrected chi connectivity index (χ2v) is 34.1. The first-order chi connectivity index (χ1) is 60.3. The maximum absolute atomic E-state index is 14.5. The molecule has 0 bridgehead atoms. The van der Waals surface area contributed by atoms with Crippen LogP contribution in [0.3, 0.4) is 0 Å². The zero-order valence-electron chi connectivity index (χ0n) is 73.4. The molecule has 0 aromatic heterocycles. The standard InChI is InChI=1S/C58H71N9O14S2.C27H54N10O7/c1-32(2)25-45(64-51(74)39-18-16-38(17-19-39)37-9-6-5-7-10-37)58(81)67-24-8-11-47(67)56(79)65-46-31-83-82-30-33(3)60-57(80)50(34(4)68)66-48(71)29-59-52(75)42(26-35-12-20-40(69)21-13-35)61-53(76)43(27-36-14-22-41(70)23-15-36)62-54(77)44(28-49(72)73)63-55(46)78;1-17(2)14-19(34-18(3)38)25(42)35-20(15-22(39)40)24(41)33-9-11-37(26(43)21(30-5)16-29-4)13-12-36(10-8-28)27(44)23(31-6)32-7/h5-7,9-10,12-23,32-34,42-47,50,68-70H,8,11,24-31H2,1-4H3,(H,59,75)(H,60,80)(H,61,76)(H,62,77)(H,63,78)(H,64,74)(H,65,79)(H,66,71)(H,72,73);17,19-21,23,29-32H,8-16,28H2,1-7H3,(H,33,41)(H,34,38)(H,35,42)(H,39,40)/t33-,34-,42+,43+,44+,45+,46+,47+,50?;19-,20-,21?/m10/s1. The summed E-state index contributed by atoms with van der Waals surface area (Å²) in [5, 5.41) is 89.9. The highest BCUT2D eigenvalue weighted by atomic mass is 33.1. The second-order valence-electron chi connectivity index (χ2n) is 31.5. The topological polar surface area (TPSA) is 590 Å². The van der Waals surface area contributed by atoms with Gasteiger partial charge in [0.25, 0.3) is 11.8 Å². The summed E-state index contributed by atoms with van der Waals surface area (Å²) < 4.78 is 0. The zero-order chi connectivity index (χ0) is 94.1. The number of phenolic OH excluding ortho intramolecular Hbond substituents is 2. The van der Waals surface area contributed by atoms with Gasteiger partial charge in [-0.15, -0.1) is 0 Å². The summed E-state index contributed by atoms with van der Waals surface area (Å²) in [6, 6.07) is 13.9. The minimum absolute atomic E-state index is 0.0359. The molecule has 2 heterocycles. The van der Waals surface area contributed by atoms with Crippen LogP contribution >= 0.6 is 21.6 Å². The first kappa shape index (κ1) is 106. The van der Waals surface area contributed by atoms with Crippen molar-refractivity contribution in [2.45, 2.75) is 179 Å². The van der Waals surface area contributed by atoms with Gasteiger partial charge in [-0.25, -0.2) is 0 Å². The Morgan fingerprint density at radius 3 is 1.66 bits per heavy atom. The second kappa shape index (κ2) is 54.5. The van der Waals surface area contributed by atoms with Crippen LogP contribution in [0.4, 0.5) is 0 Å². The Hall–Kier alpha value is -11.5. The highest BCUT2D eigenvalue weighted by Crippen LogP contribution is 2.27. The maximum atomic E-state index is 14.5. The summed E-state index contributed by atoms with van der Waals surface area (Å²) in [5.74, 6) is -13.1. The monoisotopic (exact) mass is 1810 g/mol. The summed E-state index contributed by atoms with van der Waals surface area (Å²) in [5.41, 5.74) is 8.69. The molecule has 2 aliphatic heterocycles. The number of carbonyl (C=O) groups excluding carboxylic acids is 14. The largest absolute Gasteiger partial charge is 0.508 e. The van der Waals surface area contributed by atoms with Crippen molar-refractivity contribution in [3.63, 3.8) is 0 Å². The summed E-state index contributed by atoms with van der Waals surface area (Å²) >= 11 is 0. The van der Waals surface area contributed by atoms with Crippen LogP contribution in [0.2, 0.25) is 0 Å².